The van der Waals surface area contributed by atoms with Gasteiger partial charge in [0.15, 0.2) is 5.41 Å². The summed E-state index contributed by atoms with van der Waals surface area (Å²) in [6, 6.07) is 10.00. The largest absolute Gasteiger partial charge is 0.480 e. The third kappa shape index (κ3) is 4.57. The Morgan fingerprint density at radius 2 is 2.00 bits per heavy atom. The number of aliphatic carboxylic acids is 1. The summed E-state index contributed by atoms with van der Waals surface area (Å²) >= 11 is 0. The molecule has 8 heteroatoms. The lowest BCUT2D eigenvalue weighted by Crippen LogP contribution is -2.56. The molecule has 35 heavy (non-hydrogen) atoms. The molecule has 2 fully saturated rings. The normalized spacial score (nSPS) is 30.1. The Balaban J connectivity index is 1.62. The second-order valence-corrected chi connectivity index (χ2v) is 9.64. The number of hydrogen-bond acceptors (Lipinski definition) is 5. The summed E-state index contributed by atoms with van der Waals surface area (Å²) in [6.45, 7) is 5.32. The molecule has 1 aliphatic carbocycles. The molecule has 4 rings (SSSR count). The van der Waals surface area contributed by atoms with Gasteiger partial charge in [0.25, 0.3) is 0 Å². The minimum Gasteiger partial charge on any atom is -0.480 e. The van der Waals surface area contributed by atoms with Crippen molar-refractivity contribution in [3.63, 3.8) is 0 Å². The predicted molar refractivity (Wildman–Crippen MR) is 127 cm³/mol. The smallest absolute Gasteiger partial charge is 0.322 e. The minimum atomic E-state index is -1.43. The van der Waals surface area contributed by atoms with Gasteiger partial charge in [0.05, 0.1) is 5.69 Å². The SMILES string of the molecule is CC1C[C@@]2(C(=O)NCC(=O)O)C(=O)OC(C)C2C(/C=C/c2ccc(-c3cccc(F)c3)cn2)C1C. The summed E-state index contributed by atoms with van der Waals surface area (Å²) in [5.41, 5.74) is 0.786. The van der Waals surface area contributed by atoms with Crippen molar-refractivity contribution < 1.29 is 28.6 Å². The number of ether oxygens (including phenoxy) is 1. The number of carbonyl (C=O) groups is 3. The van der Waals surface area contributed by atoms with Crippen LogP contribution < -0.4 is 5.32 Å². The van der Waals surface area contributed by atoms with Gasteiger partial charge in [-0.1, -0.05) is 38.1 Å². The molecule has 7 nitrogen and oxygen atoms in total. The van der Waals surface area contributed by atoms with Gasteiger partial charge in [-0.2, -0.15) is 0 Å². The maximum Gasteiger partial charge on any atom is 0.322 e. The summed E-state index contributed by atoms with van der Waals surface area (Å²) in [6.07, 6.45) is 5.33. The van der Waals surface area contributed by atoms with Crippen LogP contribution in [0.25, 0.3) is 17.2 Å². The van der Waals surface area contributed by atoms with Crippen molar-refractivity contribution in [1.82, 2.24) is 10.3 Å². The van der Waals surface area contributed by atoms with Crippen molar-refractivity contribution in [2.24, 2.45) is 29.1 Å². The zero-order chi connectivity index (χ0) is 25.3. The Bertz CT molecular complexity index is 1160. The molecule has 0 spiro atoms. The number of aromatic nitrogens is 1. The van der Waals surface area contributed by atoms with Crippen LogP contribution in [0.1, 0.15) is 32.9 Å². The number of hydrogen-bond donors (Lipinski definition) is 2. The van der Waals surface area contributed by atoms with Gasteiger partial charge in [-0.05, 0) is 60.9 Å². The number of nitrogens with zero attached hydrogens (tertiary/aromatic N) is 1. The number of halogens is 1. The first-order valence-corrected chi connectivity index (χ1v) is 11.7. The summed E-state index contributed by atoms with van der Waals surface area (Å²) < 4.78 is 19.1. The number of pyridine rings is 1. The first kappa shape index (κ1) is 24.6. The van der Waals surface area contributed by atoms with E-state index >= 15 is 0 Å². The molecule has 1 aromatic carbocycles. The van der Waals surface area contributed by atoms with Gasteiger partial charge in [0.1, 0.15) is 18.5 Å². The third-order valence-corrected chi connectivity index (χ3v) is 7.53. The molecular formula is C27H29FN2O5. The fraction of sp³-hybridized carbons (Fsp3) is 0.407. The second kappa shape index (κ2) is 9.60. The molecule has 1 aliphatic heterocycles. The zero-order valence-corrected chi connectivity index (χ0v) is 19.9. The van der Waals surface area contributed by atoms with Crippen LogP contribution in [0.3, 0.4) is 0 Å². The minimum absolute atomic E-state index is 0.0256. The van der Waals surface area contributed by atoms with E-state index in [4.69, 9.17) is 9.84 Å². The first-order valence-electron chi connectivity index (χ1n) is 11.7. The number of carboxylic acids is 1. The summed E-state index contributed by atoms with van der Waals surface area (Å²) in [4.78, 5) is 41.7. The molecule has 2 N–H and O–H groups in total. The van der Waals surface area contributed by atoms with Crippen molar-refractivity contribution >= 4 is 23.9 Å². The van der Waals surface area contributed by atoms with Crippen LogP contribution in [0.15, 0.2) is 48.7 Å². The van der Waals surface area contributed by atoms with Crippen molar-refractivity contribution in [1.29, 1.82) is 0 Å². The molecule has 2 aromatic rings. The first-order chi connectivity index (χ1) is 16.6. The van der Waals surface area contributed by atoms with E-state index in [-0.39, 0.29) is 23.6 Å². The number of carbonyl (C=O) groups excluding carboxylic acids is 2. The number of rotatable bonds is 6. The fourth-order valence-electron chi connectivity index (χ4n) is 5.64. The van der Waals surface area contributed by atoms with Crippen molar-refractivity contribution in [2.45, 2.75) is 33.3 Å². The quantitative estimate of drug-likeness (QED) is 0.479. The van der Waals surface area contributed by atoms with Crippen molar-refractivity contribution in [3.05, 3.63) is 60.2 Å². The van der Waals surface area contributed by atoms with Crippen molar-refractivity contribution in [2.75, 3.05) is 6.54 Å². The highest BCUT2D eigenvalue weighted by Gasteiger charge is 2.66. The molecule has 5 unspecified atom stereocenters. The standard InChI is InChI=1S/C27H29FN2O5/c1-15-12-27(25(33)30-14-23(31)32)24(17(3)35-26(27)34)22(16(15)2)10-9-21-8-7-19(13-29-21)18-5-4-6-20(28)11-18/h4-11,13,15-17,22,24H,12,14H2,1-3H3,(H,30,33)(H,31,32)/b10-9+/t15?,16?,17?,22?,24?,27-/m1/s1. The summed E-state index contributed by atoms with van der Waals surface area (Å²) in [5.74, 6) is -3.09. The van der Waals surface area contributed by atoms with E-state index in [0.717, 1.165) is 11.1 Å². The lowest BCUT2D eigenvalue weighted by molar-refractivity contribution is -0.158. The van der Waals surface area contributed by atoms with E-state index in [1.54, 1.807) is 19.2 Å². The number of carboxylic acid groups (broad SMARTS) is 1. The van der Waals surface area contributed by atoms with E-state index in [0.29, 0.717) is 12.1 Å². The highest BCUT2D eigenvalue weighted by Crippen LogP contribution is 2.56. The van der Waals surface area contributed by atoms with Crippen LogP contribution in [0.5, 0.6) is 0 Å². The highest BCUT2D eigenvalue weighted by atomic mass is 19.1. The molecule has 2 aliphatic rings. The Hall–Kier alpha value is -3.55. The Morgan fingerprint density at radius 1 is 1.23 bits per heavy atom. The molecule has 0 bridgehead atoms. The van der Waals surface area contributed by atoms with Gasteiger partial charge in [0, 0.05) is 17.7 Å². The van der Waals surface area contributed by atoms with E-state index < -0.39 is 41.8 Å². The molecule has 1 saturated heterocycles. The molecule has 2 heterocycles. The van der Waals surface area contributed by atoms with Gasteiger partial charge in [-0.25, -0.2) is 4.39 Å². The average molecular weight is 481 g/mol. The fourth-order valence-corrected chi connectivity index (χ4v) is 5.64. The van der Waals surface area contributed by atoms with E-state index in [1.165, 1.54) is 12.1 Å². The number of fused-ring (bicyclic) bond motifs is 1. The Labute approximate surface area is 203 Å². The van der Waals surface area contributed by atoms with E-state index in [9.17, 15) is 18.8 Å². The number of benzene rings is 1. The number of allylic oxidation sites excluding steroid dienone is 1. The van der Waals surface area contributed by atoms with Crippen LogP contribution in [0, 0.1) is 34.9 Å². The van der Waals surface area contributed by atoms with E-state index in [1.807, 2.05) is 37.3 Å². The number of nitrogens with one attached hydrogen (secondary N) is 1. The lowest BCUT2D eigenvalue weighted by atomic mass is 9.54. The second-order valence-electron chi connectivity index (χ2n) is 9.64. The van der Waals surface area contributed by atoms with E-state index in [2.05, 4.69) is 17.2 Å². The predicted octanol–water partition coefficient (Wildman–Crippen LogP) is 3.94. The molecular weight excluding hydrogens is 451 g/mol. The van der Waals surface area contributed by atoms with Gasteiger partial charge in [0.2, 0.25) is 5.91 Å². The maximum atomic E-state index is 13.5. The maximum absolute atomic E-state index is 13.5. The number of cyclic esters (lactones) is 1. The highest BCUT2D eigenvalue weighted by molar-refractivity contribution is 6.05. The summed E-state index contributed by atoms with van der Waals surface area (Å²) in [7, 11) is 0. The topological polar surface area (TPSA) is 106 Å². The van der Waals surface area contributed by atoms with Crippen LogP contribution in [-0.4, -0.2) is 40.6 Å². The van der Waals surface area contributed by atoms with Gasteiger partial charge in [-0.15, -0.1) is 0 Å². The van der Waals surface area contributed by atoms with Gasteiger partial charge >= 0.3 is 11.9 Å². The van der Waals surface area contributed by atoms with Crippen LogP contribution in [0.2, 0.25) is 0 Å². The Morgan fingerprint density at radius 3 is 2.66 bits per heavy atom. The molecule has 1 saturated carbocycles. The van der Waals surface area contributed by atoms with Crippen LogP contribution in [0.4, 0.5) is 4.39 Å². The van der Waals surface area contributed by atoms with Crippen LogP contribution in [-0.2, 0) is 19.1 Å². The van der Waals surface area contributed by atoms with Crippen molar-refractivity contribution in [3.8, 4) is 11.1 Å². The third-order valence-electron chi connectivity index (χ3n) is 7.53. The van der Waals surface area contributed by atoms with Crippen LogP contribution >= 0.6 is 0 Å². The average Bonchev–Trinajstić information content (AvgIpc) is 3.08. The molecule has 184 valence electrons. The lowest BCUT2D eigenvalue weighted by Gasteiger charge is -2.46. The monoisotopic (exact) mass is 480 g/mol. The molecule has 0 radical (unpaired) electrons. The summed E-state index contributed by atoms with van der Waals surface area (Å²) in [5, 5.41) is 11.4. The van der Waals surface area contributed by atoms with Gasteiger partial charge in [-0.3, -0.25) is 19.4 Å². The molecule has 1 aromatic heterocycles. The number of esters is 1. The van der Waals surface area contributed by atoms with Gasteiger partial charge < -0.3 is 15.2 Å². The Kier molecular flexibility index (Phi) is 6.74. The molecule has 6 atom stereocenters. The number of amides is 1. The molecule has 1 amide bonds. The zero-order valence-electron chi connectivity index (χ0n) is 19.9.